The number of nitrogens with zero attached hydrogens (tertiary/aromatic N) is 1. The van der Waals surface area contributed by atoms with Crippen molar-refractivity contribution in [2.75, 3.05) is 7.11 Å². The van der Waals surface area contributed by atoms with Crippen LogP contribution in [0.2, 0.25) is 19.6 Å². The molecule has 114 valence electrons. The van der Waals surface area contributed by atoms with Crippen molar-refractivity contribution in [3.8, 4) is 6.07 Å². The predicted octanol–water partition coefficient (Wildman–Crippen LogP) is 2.76. The third kappa shape index (κ3) is 4.69. The lowest BCUT2D eigenvalue weighted by atomic mass is 10.0. The van der Waals surface area contributed by atoms with Gasteiger partial charge >= 0.3 is 5.97 Å². The van der Waals surface area contributed by atoms with Crippen molar-refractivity contribution in [2.24, 2.45) is 0 Å². The molecule has 0 fully saturated rings. The van der Waals surface area contributed by atoms with Crippen molar-refractivity contribution in [1.82, 2.24) is 0 Å². The van der Waals surface area contributed by atoms with E-state index in [0.29, 0.717) is 5.56 Å². The first-order chi connectivity index (χ1) is 9.60. The van der Waals surface area contributed by atoms with Gasteiger partial charge in [-0.2, -0.15) is 5.26 Å². The summed E-state index contributed by atoms with van der Waals surface area (Å²) in [4.78, 5) is 12.1. The maximum absolute atomic E-state index is 12.1. The molecule has 0 aliphatic carbocycles. The van der Waals surface area contributed by atoms with Crippen molar-refractivity contribution in [3.05, 3.63) is 29.8 Å². The number of carbonyl (C=O) groups is 1. The molecule has 0 aromatic heterocycles. The summed E-state index contributed by atoms with van der Waals surface area (Å²) < 4.78 is 10.3. The lowest BCUT2D eigenvalue weighted by molar-refractivity contribution is -0.206. The SMILES string of the molecule is COC(C)(C)OC(=O)C(C#N)c1ccc([Si](C)(C)C)cc1. The summed E-state index contributed by atoms with van der Waals surface area (Å²) in [5, 5.41) is 10.6. The minimum Gasteiger partial charge on any atom is -0.432 e. The van der Waals surface area contributed by atoms with E-state index < -0.39 is 25.7 Å². The largest absolute Gasteiger partial charge is 0.432 e. The molecule has 21 heavy (non-hydrogen) atoms. The molecule has 1 rings (SSSR count). The average Bonchev–Trinajstić information content (AvgIpc) is 2.38. The van der Waals surface area contributed by atoms with E-state index in [1.165, 1.54) is 12.3 Å². The summed E-state index contributed by atoms with van der Waals surface area (Å²) in [5.41, 5.74) is 0.649. The van der Waals surface area contributed by atoms with Crippen molar-refractivity contribution in [2.45, 2.75) is 45.2 Å². The number of hydrogen-bond donors (Lipinski definition) is 0. The molecule has 0 amide bonds. The first kappa shape index (κ1) is 17.4. The van der Waals surface area contributed by atoms with Crippen LogP contribution in [0.1, 0.15) is 25.3 Å². The van der Waals surface area contributed by atoms with Crippen molar-refractivity contribution in [1.29, 1.82) is 5.26 Å². The number of nitriles is 1. The fourth-order valence-electron chi connectivity index (χ4n) is 1.78. The molecular formula is C16H23NO3Si. The molecule has 0 aliphatic heterocycles. The first-order valence-electron chi connectivity index (χ1n) is 6.89. The number of hydrogen-bond acceptors (Lipinski definition) is 4. The van der Waals surface area contributed by atoms with Gasteiger partial charge in [0.1, 0.15) is 0 Å². The van der Waals surface area contributed by atoms with E-state index in [9.17, 15) is 10.1 Å². The van der Waals surface area contributed by atoms with Gasteiger partial charge in [0.2, 0.25) is 5.79 Å². The zero-order valence-corrected chi connectivity index (χ0v) is 14.6. The van der Waals surface area contributed by atoms with Gasteiger partial charge in [-0.3, -0.25) is 4.79 Å². The molecule has 1 atom stereocenters. The predicted molar refractivity (Wildman–Crippen MR) is 85.0 cm³/mol. The highest BCUT2D eigenvalue weighted by Gasteiger charge is 2.29. The van der Waals surface area contributed by atoms with Gasteiger partial charge in [-0.15, -0.1) is 0 Å². The maximum Gasteiger partial charge on any atom is 0.330 e. The summed E-state index contributed by atoms with van der Waals surface area (Å²) in [7, 11) is 0.0643. The number of carbonyl (C=O) groups excluding carboxylic acids is 1. The zero-order valence-electron chi connectivity index (χ0n) is 13.6. The second kappa shape index (κ2) is 6.42. The van der Waals surface area contributed by atoms with Crippen LogP contribution in [0, 0.1) is 11.3 Å². The van der Waals surface area contributed by atoms with Gasteiger partial charge < -0.3 is 9.47 Å². The number of methoxy groups -OCH3 is 1. The Labute approximate surface area is 127 Å². The van der Waals surface area contributed by atoms with E-state index in [4.69, 9.17) is 9.47 Å². The molecule has 0 aliphatic rings. The molecule has 0 spiro atoms. The van der Waals surface area contributed by atoms with Gasteiger partial charge in [0.25, 0.3) is 0 Å². The quantitative estimate of drug-likeness (QED) is 0.477. The Morgan fingerprint density at radius 1 is 1.24 bits per heavy atom. The molecule has 1 aromatic rings. The van der Waals surface area contributed by atoms with Crippen LogP contribution in [0.3, 0.4) is 0 Å². The highest BCUT2D eigenvalue weighted by Crippen LogP contribution is 2.20. The number of ether oxygens (including phenoxy) is 2. The van der Waals surface area contributed by atoms with Crippen molar-refractivity contribution < 1.29 is 14.3 Å². The highest BCUT2D eigenvalue weighted by molar-refractivity contribution is 6.88. The highest BCUT2D eigenvalue weighted by atomic mass is 28.3. The third-order valence-electron chi connectivity index (χ3n) is 3.31. The van der Waals surface area contributed by atoms with Gasteiger partial charge in [-0.25, -0.2) is 0 Å². The number of rotatable bonds is 5. The van der Waals surface area contributed by atoms with E-state index >= 15 is 0 Å². The van der Waals surface area contributed by atoms with Gasteiger partial charge in [-0.05, 0) is 5.56 Å². The summed E-state index contributed by atoms with van der Waals surface area (Å²) in [5.74, 6) is -2.56. The van der Waals surface area contributed by atoms with Gasteiger partial charge in [0.15, 0.2) is 5.92 Å². The van der Waals surface area contributed by atoms with Gasteiger partial charge in [0, 0.05) is 21.0 Å². The van der Waals surface area contributed by atoms with Crippen molar-refractivity contribution in [3.63, 3.8) is 0 Å². The Balaban J connectivity index is 2.96. The maximum atomic E-state index is 12.1. The smallest absolute Gasteiger partial charge is 0.330 e. The second-order valence-electron chi connectivity index (χ2n) is 6.46. The molecule has 1 aromatic carbocycles. The minimum absolute atomic E-state index is 0.592. The van der Waals surface area contributed by atoms with E-state index in [2.05, 4.69) is 19.6 Å². The van der Waals surface area contributed by atoms with Crippen LogP contribution >= 0.6 is 0 Å². The van der Waals surface area contributed by atoms with Crippen LogP contribution in [-0.2, 0) is 14.3 Å². The Morgan fingerprint density at radius 2 is 1.76 bits per heavy atom. The molecule has 0 N–H and O–H groups in total. The van der Waals surface area contributed by atoms with E-state index in [1.807, 2.05) is 30.3 Å². The Hall–Kier alpha value is -1.64. The zero-order chi connectivity index (χ0) is 16.3. The number of benzene rings is 1. The third-order valence-corrected chi connectivity index (χ3v) is 5.38. The number of esters is 1. The Morgan fingerprint density at radius 3 is 2.14 bits per heavy atom. The van der Waals surface area contributed by atoms with E-state index in [0.717, 1.165) is 0 Å². The fraction of sp³-hybridized carbons (Fsp3) is 0.500. The second-order valence-corrected chi connectivity index (χ2v) is 11.5. The minimum atomic E-state index is -1.39. The normalized spacial score (nSPS) is 13.4. The van der Waals surface area contributed by atoms with Gasteiger partial charge in [0.05, 0.1) is 14.1 Å². The average molecular weight is 305 g/mol. The molecule has 1 unspecified atom stereocenters. The van der Waals surface area contributed by atoms with Crippen LogP contribution in [0.25, 0.3) is 0 Å². The Bertz CT molecular complexity index is 538. The summed E-state index contributed by atoms with van der Waals surface area (Å²) in [6, 6.07) is 9.68. The van der Waals surface area contributed by atoms with E-state index in [1.54, 1.807) is 13.8 Å². The first-order valence-corrected chi connectivity index (χ1v) is 10.4. The molecule has 0 bridgehead atoms. The van der Waals surface area contributed by atoms with Crippen LogP contribution in [-0.4, -0.2) is 26.9 Å². The lowest BCUT2D eigenvalue weighted by Crippen LogP contribution is -2.37. The molecule has 0 radical (unpaired) electrons. The van der Waals surface area contributed by atoms with Crippen LogP contribution in [0.15, 0.2) is 24.3 Å². The molecule has 0 saturated carbocycles. The molecule has 0 heterocycles. The van der Waals surface area contributed by atoms with Crippen LogP contribution < -0.4 is 5.19 Å². The van der Waals surface area contributed by atoms with Gasteiger partial charge in [-0.1, -0.05) is 49.1 Å². The topological polar surface area (TPSA) is 59.3 Å². The molecule has 0 saturated heterocycles. The lowest BCUT2D eigenvalue weighted by Gasteiger charge is -2.24. The summed E-state index contributed by atoms with van der Waals surface area (Å²) >= 11 is 0. The summed E-state index contributed by atoms with van der Waals surface area (Å²) in [6.45, 7) is 10.0. The Kier molecular flexibility index (Phi) is 5.32. The summed E-state index contributed by atoms with van der Waals surface area (Å²) in [6.07, 6.45) is 0. The van der Waals surface area contributed by atoms with Crippen LogP contribution in [0.5, 0.6) is 0 Å². The van der Waals surface area contributed by atoms with Crippen LogP contribution in [0.4, 0.5) is 0 Å². The van der Waals surface area contributed by atoms with E-state index in [-0.39, 0.29) is 0 Å². The molecule has 4 nitrogen and oxygen atoms in total. The monoisotopic (exact) mass is 305 g/mol. The van der Waals surface area contributed by atoms with Crippen molar-refractivity contribution >= 4 is 19.2 Å². The molecule has 5 heteroatoms. The fourth-order valence-corrected chi connectivity index (χ4v) is 2.95. The standard InChI is InChI=1S/C16H23NO3Si/c1-16(2,19-3)20-15(18)14(11-17)12-7-9-13(10-8-12)21(4,5)6/h7-10,14H,1-6H3. The molecular weight excluding hydrogens is 282 g/mol.